The second-order valence-corrected chi connectivity index (χ2v) is 10.2. The Hall–Kier alpha value is -3.38. The van der Waals surface area contributed by atoms with Crippen LogP contribution in [0.5, 0.6) is 0 Å². The van der Waals surface area contributed by atoms with Gasteiger partial charge in [0.05, 0.1) is 18.7 Å². The molecule has 1 fully saturated rings. The van der Waals surface area contributed by atoms with Gasteiger partial charge in [0.15, 0.2) is 14.6 Å². The SMILES string of the molecule is C=C1N(C(c2ccccc2)c2ccccc2)CC1(c1cccc(C(=O)OC)c1)S(C)(=O)=O. The normalized spacial score (nSPS) is 18.3. The van der Waals surface area contributed by atoms with E-state index in [0.717, 1.165) is 11.1 Å². The maximum Gasteiger partial charge on any atom is 0.337 e. The molecule has 1 heterocycles. The highest BCUT2D eigenvalue weighted by molar-refractivity contribution is 7.92. The maximum absolute atomic E-state index is 13.1. The highest BCUT2D eigenvalue weighted by Gasteiger charge is 2.57. The summed E-state index contributed by atoms with van der Waals surface area (Å²) in [7, 11) is -2.30. The standard InChI is InChI=1S/C26H25NO4S/c1-19-26(32(3,29)30,23-16-10-15-22(17-23)25(28)31-2)18-27(19)24(20-11-6-4-7-12-20)21-13-8-5-9-14-21/h4-17,24H,1,18H2,2-3H3. The van der Waals surface area contributed by atoms with E-state index in [0.29, 0.717) is 16.8 Å². The van der Waals surface area contributed by atoms with E-state index in [9.17, 15) is 13.2 Å². The minimum Gasteiger partial charge on any atom is -0.465 e. The number of hydrogen-bond acceptors (Lipinski definition) is 5. The number of likely N-dealkylation sites (tertiary alicyclic amines) is 1. The number of benzene rings is 3. The van der Waals surface area contributed by atoms with Gasteiger partial charge in [-0.3, -0.25) is 0 Å². The molecule has 0 radical (unpaired) electrons. The van der Waals surface area contributed by atoms with E-state index < -0.39 is 20.6 Å². The molecule has 4 rings (SSSR count). The topological polar surface area (TPSA) is 63.7 Å². The van der Waals surface area contributed by atoms with Gasteiger partial charge < -0.3 is 9.64 Å². The van der Waals surface area contributed by atoms with Crippen molar-refractivity contribution in [2.75, 3.05) is 19.9 Å². The van der Waals surface area contributed by atoms with Crippen molar-refractivity contribution in [3.05, 3.63) is 119 Å². The zero-order chi connectivity index (χ0) is 22.9. The molecule has 1 aliphatic rings. The van der Waals surface area contributed by atoms with E-state index in [2.05, 4.69) is 6.58 Å². The van der Waals surface area contributed by atoms with Crippen molar-refractivity contribution >= 4 is 15.8 Å². The predicted molar refractivity (Wildman–Crippen MR) is 125 cm³/mol. The molecule has 1 saturated heterocycles. The molecule has 0 bridgehead atoms. The van der Waals surface area contributed by atoms with E-state index in [4.69, 9.17) is 4.74 Å². The minimum atomic E-state index is -3.60. The number of hydrogen-bond donors (Lipinski definition) is 0. The smallest absolute Gasteiger partial charge is 0.337 e. The summed E-state index contributed by atoms with van der Waals surface area (Å²) in [4.78, 5) is 14.1. The first-order valence-electron chi connectivity index (χ1n) is 10.2. The Labute approximate surface area is 188 Å². The number of nitrogens with zero attached hydrogens (tertiary/aromatic N) is 1. The van der Waals surface area contributed by atoms with Gasteiger partial charge in [-0.2, -0.15) is 0 Å². The van der Waals surface area contributed by atoms with Crippen LogP contribution in [0.4, 0.5) is 0 Å². The molecule has 0 aliphatic carbocycles. The van der Waals surface area contributed by atoms with E-state index in [1.807, 2.05) is 65.6 Å². The van der Waals surface area contributed by atoms with Gasteiger partial charge in [0.2, 0.25) is 0 Å². The molecule has 1 unspecified atom stereocenters. The second-order valence-electron chi connectivity index (χ2n) is 7.97. The number of rotatable bonds is 6. The minimum absolute atomic E-state index is 0.177. The summed E-state index contributed by atoms with van der Waals surface area (Å²) in [5.41, 5.74) is 3.40. The number of esters is 1. The fourth-order valence-electron chi connectivity index (χ4n) is 4.46. The van der Waals surface area contributed by atoms with Gasteiger partial charge in [-0.1, -0.05) is 79.4 Å². The Kier molecular flexibility index (Phi) is 5.65. The summed E-state index contributed by atoms with van der Waals surface area (Å²) in [6.07, 6.45) is 1.22. The van der Waals surface area contributed by atoms with E-state index in [1.54, 1.807) is 24.3 Å². The average molecular weight is 448 g/mol. The van der Waals surface area contributed by atoms with Crippen molar-refractivity contribution < 1.29 is 17.9 Å². The molecule has 1 atom stereocenters. The van der Waals surface area contributed by atoms with Gasteiger partial charge in [-0.15, -0.1) is 0 Å². The van der Waals surface area contributed by atoms with Gasteiger partial charge in [0.1, 0.15) is 0 Å². The lowest BCUT2D eigenvalue weighted by Gasteiger charge is -2.55. The summed E-state index contributed by atoms with van der Waals surface area (Å²) >= 11 is 0. The first-order valence-corrected chi connectivity index (χ1v) is 12.1. The Morgan fingerprint density at radius 2 is 1.53 bits per heavy atom. The van der Waals surface area contributed by atoms with Gasteiger partial charge in [-0.25, -0.2) is 13.2 Å². The third kappa shape index (κ3) is 3.50. The van der Waals surface area contributed by atoms with Crippen LogP contribution >= 0.6 is 0 Å². The summed E-state index contributed by atoms with van der Waals surface area (Å²) < 4.78 is 29.8. The molecule has 5 nitrogen and oxygen atoms in total. The van der Waals surface area contributed by atoms with E-state index in [-0.39, 0.29) is 12.6 Å². The second kappa shape index (κ2) is 8.28. The number of ether oxygens (including phenoxy) is 1. The van der Waals surface area contributed by atoms with Crippen molar-refractivity contribution in [3.63, 3.8) is 0 Å². The molecule has 3 aromatic rings. The van der Waals surface area contributed by atoms with Crippen LogP contribution < -0.4 is 0 Å². The number of carbonyl (C=O) groups is 1. The zero-order valence-electron chi connectivity index (χ0n) is 18.1. The number of carbonyl (C=O) groups excluding carboxylic acids is 1. The lowest BCUT2D eigenvalue weighted by atomic mass is 9.82. The molecule has 164 valence electrons. The average Bonchev–Trinajstić information content (AvgIpc) is 2.81. The molecule has 0 spiro atoms. The number of sulfone groups is 1. The molecular formula is C26H25NO4S. The molecular weight excluding hydrogens is 422 g/mol. The van der Waals surface area contributed by atoms with Crippen LogP contribution in [0.1, 0.15) is 33.1 Å². The molecule has 0 N–H and O–H groups in total. The van der Waals surface area contributed by atoms with Crippen LogP contribution in [0.3, 0.4) is 0 Å². The molecule has 0 aromatic heterocycles. The Bertz CT molecular complexity index is 1220. The monoisotopic (exact) mass is 447 g/mol. The van der Waals surface area contributed by atoms with Crippen LogP contribution in [0.25, 0.3) is 0 Å². The third-order valence-electron chi connectivity index (χ3n) is 6.13. The third-order valence-corrected chi connectivity index (χ3v) is 8.00. The van der Waals surface area contributed by atoms with Gasteiger partial charge >= 0.3 is 5.97 Å². The molecule has 3 aromatic carbocycles. The largest absolute Gasteiger partial charge is 0.465 e. The first-order chi connectivity index (χ1) is 15.3. The Balaban J connectivity index is 1.80. The summed E-state index contributed by atoms with van der Waals surface area (Å²) in [5.74, 6) is -0.510. The van der Waals surface area contributed by atoms with Crippen LogP contribution in [-0.4, -0.2) is 39.2 Å². The zero-order valence-corrected chi connectivity index (χ0v) is 18.9. The summed E-state index contributed by atoms with van der Waals surface area (Å²) in [5, 5.41) is 0. The number of methoxy groups -OCH3 is 1. The molecule has 6 heteroatoms. The maximum atomic E-state index is 13.1. The van der Waals surface area contributed by atoms with Crippen LogP contribution in [0, 0.1) is 0 Å². The summed E-state index contributed by atoms with van der Waals surface area (Å²) in [6.45, 7) is 4.46. The highest BCUT2D eigenvalue weighted by atomic mass is 32.2. The van der Waals surface area contributed by atoms with Crippen molar-refractivity contribution in [2.24, 2.45) is 0 Å². The molecule has 0 saturated carbocycles. The van der Waals surface area contributed by atoms with Gasteiger partial charge in [-0.05, 0) is 28.8 Å². The lowest BCUT2D eigenvalue weighted by Crippen LogP contribution is -2.61. The first kappa shape index (κ1) is 21.8. The highest BCUT2D eigenvalue weighted by Crippen LogP contribution is 2.52. The summed E-state index contributed by atoms with van der Waals surface area (Å²) in [6, 6.07) is 26.3. The van der Waals surface area contributed by atoms with Gasteiger partial charge in [0, 0.05) is 18.5 Å². The van der Waals surface area contributed by atoms with Crippen molar-refractivity contribution in [1.29, 1.82) is 0 Å². The quantitative estimate of drug-likeness (QED) is 0.526. The van der Waals surface area contributed by atoms with E-state index >= 15 is 0 Å². The van der Waals surface area contributed by atoms with Crippen molar-refractivity contribution in [3.8, 4) is 0 Å². The molecule has 1 aliphatic heterocycles. The van der Waals surface area contributed by atoms with Gasteiger partial charge in [0.25, 0.3) is 0 Å². The fourth-order valence-corrected chi connectivity index (χ4v) is 5.93. The van der Waals surface area contributed by atoms with Crippen LogP contribution in [0.15, 0.2) is 97.2 Å². The van der Waals surface area contributed by atoms with Crippen molar-refractivity contribution in [1.82, 2.24) is 4.90 Å². The Morgan fingerprint density at radius 1 is 0.969 bits per heavy atom. The van der Waals surface area contributed by atoms with Crippen molar-refractivity contribution in [2.45, 2.75) is 10.8 Å². The van der Waals surface area contributed by atoms with Crippen LogP contribution in [-0.2, 0) is 19.3 Å². The predicted octanol–water partition coefficient (Wildman–Crippen LogP) is 4.33. The van der Waals surface area contributed by atoms with E-state index in [1.165, 1.54) is 13.4 Å². The molecule has 32 heavy (non-hydrogen) atoms. The Morgan fingerprint density at radius 3 is 2.00 bits per heavy atom. The van der Waals surface area contributed by atoms with Crippen LogP contribution in [0.2, 0.25) is 0 Å². The molecule has 0 amide bonds. The fraction of sp³-hybridized carbons (Fsp3) is 0.192. The lowest BCUT2D eigenvalue weighted by molar-refractivity contribution is 0.0600.